The zero-order valence-corrected chi connectivity index (χ0v) is 12.7. The van der Waals surface area contributed by atoms with Crippen molar-refractivity contribution < 1.29 is 9.50 Å². The van der Waals surface area contributed by atoms with Gasteiger partial charge in [0.1, 0.15) is 5.82 Å². The second-order valence-electron chi connectivity index (χ2n) is 6.64. The highest BCUT2D eigenvalue weighted by Gasteiger charge is 2.47. The molecule has 21 heavy (non-hydrogen) atoms. The van der Waals surface area contributed by atoms with Crippen molar-refractivity contribution >= 4 is 0 Å². The Bertz CT molecular complexity index is 512. The fraction of sp³-hybridized carbons (Fsp3) is 0.625. The van der Waals surface area contributed by atoms with E-state index in [0.29, 0.717) is 0 Å². The van der Waals surface area contributed by atoms with Gasteiger partial charge in [0.2, 0.25) is 0 Å². The Labute approximate surface area is 125 Å². The molecule has 4 nitrogen and oxygen atoms in total. The third-order valence-electron chi connectivity index (χ3n) is 5.33. The smallest absolute Gasteiger partial charge is 0.161 e. The summed E-state index contributed by atoms with van der Waals surface area (Å²) in [7, 11) is 4.14. The maximum absolute atomic E-state index is 13.6. The molecular weight excluding hydrogens is 269 g/mol. The van der Waals surface area contributed by atoms with Gasteiger partial charge < -0.3 is 5.11 Å². The van der Waals surface area contributed by atoms with Crippen molar-refractivity contribution in [3.05, 3.63) is 35.6 Å². The van der Waals surface area contributed by atoms with E-state index in [4.69, 9.17) is 0 Å². The number of hydrogen-bond donors (Lipinski definition) is 3. The van der Waals surface area contributed by atoms with Gasteiger partial charge in [0, 0.05) is 17.6 Å². The van der Waals surface area contributed by atoms with Gasteiger partial charge in [-0.05, 0) is 57.5 Å². The van der Waals surface area contributed by atoms with Crippen LogP contribution in [0.1, 0.15) is 31.2 Å². The minimum atomic E-state index is -0.606. The van der Waals surface area contributed by atoms with Crippen molar-refractivity contribution in [3.63, 3.8) is 0 Å². The molecule has 1 saturated heterocycles. The van der Waals surface area contributed by atoms with Crippen molar-refractivity contribution in [2.75, 3.05) is 20.6 Å². The molecule has 1 heterocycles. The van der Waals surface area contributed by atoms with Crippen LogP contribution in [0.3, 0.4) is 0 Å². The zero-order chi connectivity index (χ0) is 15.1. The number of aliphatic hydroxyl groups is 1. The molecule has 1 atom stereocenters. The van der Waals surface area contributed by atoms with Gasteiger partial charge in [-0.25, -0.2) is 4.39 Å². The number of nitrogens with one attached hydrogen (secondary N) is 2. The van der Waals surface area contributed by atoms with Crippen LogP contribution in [0.2, 0.25) is 0 Å². The Morgan fingerprint density at radius 1 is 1.24 bits per heavy atom. The van der Waals surface area contributed by atoms with Gasteiger partial charge in [-0.2, -0.15) is 0 Å². The SMILES string of the molecule is CN(C)C1(c2cccc(F)c2)CCC2(CC1)CNC(O)N2. The third-order valence-corrected chi connectivity index (χ3v) is 5.33. The second-order valence-corrected chi connectivity index (χ2v) is 6.64. The van der Waals surface area contributed by atoms with Crippen molar-refractivity contribution in [2.45, 2.75) is 43.1 Å². The first-order valence-corrected chi connectivity index (χ1v) is 7.59. The van der Waals surface area contributed by atoms with Crippen LogP contribution in [-0.2, 0) is 5.54 Å². The minimum Gasteiger partial charge on any atom is -0.365 e. The normalized spacial score (nSPS) is 36.5. The number of benzene rings is 1. The molecule has 0 radical (unpaired) electrons. The molecule has 2 aliphatic rings. The van der Waals surface area contributed by atoms with E-state index in [0.717, 1.165) is 37.8 Å². The molecular formula is C16H24FN3O. The molecule has 3 rings (SSSR count). The second kappa shape index (κ2) is 5.32. The summed E-state index contributed by atoms with van der Waals surface area (Å²) in [6.07, 6.45) is 3.22. The average molecular weight is 293 g/mol. The molecule has 1 aromatic rings. The van der Waals surface area contributed by atoms with Crippen LogP contribution in [-0.4, -0.2) is 42.5 Å². The predicted octanol–water partition coefficient (Wildman–Crippen LogP) is 1.36. The van der Waals surface area contributed by atoms with Crippen molar-refractivity contribution in [3.8, 4) is 0 Å². The molecule has 2 fully saturated rings. The van der Waals surface area contributed by atoms with E-state index in [-0.39, 0.29) is 16.9 Å². The molecule has 0 aromatic heterocycles. The lowest BCUT2D eigenvalue weighted by Gasteiger charge is -2.49. The molecule has 1 saturated carbocycles. The van der Waals surface area contributed by atoms with Crippen LogP contribution < -0.4 is 10.6 Å². The standard InChI is InChI=1S/C16H24FN3O/c1-20(2)16(12-4-3-5-13(17)10-12)8-6-15(7-9-16)11-18-14(21)19-15/h3-5,10,14,18-19,21H,6-9,11H2,1-2H3. The summed E-state index contributed by atoms with van der Waals surface area (Å²) < 4.78 is 13.6. The van der Waals surface area contributed by atoms with Crippen LogP contribution in [0, 0.1) is 5.82 Å². The average Bonchev–Trinajstić information content (AvgIpc) is 2.81. The molecule has 1 spiro atoms. The van der Waals surface area contributed by atoms with E-state index in [9.17, 15) is 9.50 Å². The van der Waals surface area contributed by atoms with Crippen LogP contribution in [0.5, 0.6) is 0 Å². The summed E-state index contributed by atoms with van der Waals surface area (Å²) >= 11 is 0. The Hall–Kier alpha value is -1.01. The maximum atomic E-state index is 13.6. The summed E-state index contributed by atoms with van der Waals surface area (Å²) in [5.41, 5.74) is 0.906. The summed E-state index contributed by atoms with van der Waals surface area (Å²) in [6.45, 7) is 0.792. The lowest BCUT2D eigenvalue weighted by molar-refractivity contribution is 0.0502. The molecule has 3 N–H and O–H groups in total. The summed E-state index contributed by atoms with van der Waals surface area (Å²) in [6, 6.07) is 6.97. The van der Waals surface area contributed by atoms with E-state index < -0.39 is 6.35 Å². The van der Waals surface area contributed by atoms with E-state index >= 15 is 0 Å². The Morgan fingerprint density at radius 2 is 1.95 bits per heavy atom. The lowest BCUT2D eigenvalue weighted by Crippen LogP contribution is -2.54. The first kappa shape index (κ1) is 14.9. The van der Waals surface area contributed by atoms with Gasteiger partial charge in [-0.15, -0.1) is 0 Å². The molecule has 1 aliphatic carbocycles. The fourth-order valence-corrected chi connectivity index (χ4v) is 3.92. The fourth-order valence-electron chi connectivity index (χ4n) is 3.92. The maximum Gasteiger partial charge on any atom is 0.161 e. The number of nitrogens with zero attached hydrogens (tertiary/aromatic N) is 1. The first-order chi connectivity index (χ1) is 9.96. The van der Waals surface area contributed by atoms with Gasteiger partial charge in [0.25, 0.3) is 0 Å². The molecule has 1 aliphatic heterocycles. The van der Waals surface area contributed by atoms with Gasteiger partial charge in [-0.1, -0.05) is 12.1 Å². The topological polar surface area (TPSA) is 47.5 Å². The predicted molar refractivity (Wildman–Crippen MR) is 80.1 cm³/mol. The zero-order valence-electron chi connectivity index (χ0n) is 12.7. The molecule has 116 valence electrons. The van der Waals surface area contributed by atoms with E-state index in [1.807, 2.05) is 6.07 Å². The molecule has 1 unspecified atom stereocenters. The van der Waals surface area contributed by atoms with Crippen LogP contribution in [0.15, 0.2) is 24.3 Å². The Morgan fingerprint density at radius 3 is 2.48 bits per heavy atom. The van der Waals surface area contributed by atoms with Crippen molar-refractivity contribution in [2.24, 2.45) is 0 Å². The number of aliphatic hydroxyl groups excluding tert-OH is 1. The highest BCUT2D eigenvalue weighted by atomic mass is 19.1. The number of rotatable bonds is 2. The van der Waals surface area contributed by atoms with Gasteiger partial charge >= 0.3 is 0 Å². The summed E-state index contributed by atoms with van der Waals surface area (Å²) in [5, 5.41) is 16.0. The lowest BCUT2D eigenvalue weighted by atomic mass is 9.69. The Kier molecular flexibility index (Phi) is 3.78. The van der Waals surface area contributed by atoms with E-state index in [1.54, 1.807) is 12.1 Å². The van der Waals surface area contributed by atoms with Crippen molar-refractivity contribution in [1.82, 2.24) is 15.5 Å². The quantitative estimate of drug-likeness (QED) is 0.771. The highest BCUT2D eigenvalue weighted by molar-refractivity contribution is 5.27. The summed E-state index contributed by atoms with van der Waals surface area (Å²) in [4.78, 5) is 2.22. The summed E-state index contributed by atoms with van der Waals surface area (Å²) in [5.74, 6) is -0.176. The molecule has 0 amide bonds. The van der Waals surface area contributed by atoms with Crippen LogP contribution in [0.4, 0.5) is 4.39 Å². The van der Waals surface area contributed by atoms with Gasteiger partial charge in [0.05, 0.1) is 0 Å². The van der Waals surface area contributed by atoms with Gasteiger partial charge in [-0.3, -0.25) is 15.5 Å². The molecule has 0 bridgehead atoms. The number of hydrogen-bond acceptors (Lipinski definition) is 4. The minimum absolute atomic E-state index is 0.0216. The van der Waals surface area contributed by atoms with Crippen LogP contribution >= 0.6 is 0 Å². The van der Waals surface area contributed by atoms with E-state index in [2.05, 4.69) is 29.6 Å². The van der Waals surface area contributed by atoms with E-state index in [1.165, 1.54) is 6.07 Å². The highest BCUT2D eigenvalue weighted by Crippen LogP contribution is 2.45. The van der Waals surface area contributed by atoms with Gasteiger partial charge in [0.15, 0.2) is 6.35 Å². The molecule has 5 heteroatoms. The van der Waals surface area contributed by atoms with Crippen molar-refractivity contribution in [1.29, 1.82) is 0 Å². The Balaban J connectivity index is 1.85. The third kappa shape index (κ3) is 2.59. The van der Waals surface area contributed by atoms with Crippen LogP contribution in [0.25, 0.3) is 0 Å². The monoisotopic (exact) mass is 293 g/mol. The number of halogens is 1. The molecule has 1 aromatic carbocycles. The first-order valence-electron chi connectivity index (χ1n) is 7.59. The largest absolute Gasteiger partial charge is 0.365 e.